The second-order valence-electron chi connectivity index (χ2n) is 9.23. The molecule has 4 aromatic carbocycles. The van der Waals surface area contributed by atoms with Gasteiger partial charge in [-0.3, -0.25) is 9.36 Å². The molecule has 0 atom stereocenters. The van der Waals surface area contributed by atoms with E-state index >= 15 is 0 Å². The van der Waals surface area contributed by atoms with Crippen LogP contribution in [-0.2, 0) is 4.79 Å². The van der Waals surface area contributed by atoms with Gasteiger partial charge in [0.2, 0.25) is 5.91 Å². The number of ether oxygens (including phenoxy) is 1. The molecule has 0 unspecified atom stereocenters. The molecule has 0 fully saturated rings. The summed E-state index contributed by atoms with van der Waals surface area (Å²) in [6, 6.07) is 32.1. The summed E-state index contributed by atoms with van der Waals surface area (Å²) in [5.74, 6) is 0.905. The Morgan fingerprint density at radius 1 is 0.925 bits per heavy atom. The lowest BCUT2D eigenvalue weighted by molar-refractivity contribution is -0.113. The second kappa shape index (κ2) is 11.4. The number of thioether (sulfide) groups is 1. The summed E-state index contributed by atoms with van der Waals surface area (Å²) in [5, 5.41) is 4.71. The molecule has 6 rings (SSSR count). The fourth-order valence-electron chi connectivity index (χ4n) is 4.36. The zero-order valence-electron chi connectivity index (χ0n) is 22.0. The highest BCUT2D eigenvalue weighted by atomic mass is 32.2. The zero-order chi connectivity index (χ0) is 27.5. The van der Waals surface area contributed by atoms with E-state index in [1.165, 1.54) is 17.3 Å². The molecule has 0 aliphatic carbocycles. The van der Waals surface area contributed by atoms with Crippen LogP contribution in [0.15, 0.2) is 108 Å². The summed E-state index contributed by atoms with van der Waals surface area (Å²) in [6.07, 6.45) is 1.86. The summed E-state index contributed by atoms with van der Waals surface area (Å²) >= 11 is 3.06. The molecule has 40 heavy (non-hydrogen) atoms. The highest BCUT2D eigenvalue weighted by Crippen LogP contribution is 2.32. The molecule has 0 saturated carbocycles. The molecule has 2 heterocycles. The summed E-state index contributed by atoms with van der Waals surface area (Å²) in [7, 11) is 1.65. The summed E-state index contributed by atoms with van der Waals surface area (Å²) in [5.41, 5.74) is 6.92. The number of carbonyl (C=O) groups excluding carboxylic acids is 1. The highest BCUT2D eigenvalue weighted by molar-refractivity contribution is 7.99. The molecule has 6 nitrogen and oxygen atoms in total. The Morgan fingerprint density at radius 3 is 2.38 bits per heavy atom. The van der Waals surface area contributed by atoms with Crippen molar-refractivity contribution in [3.63, 3.8) is 0 Å². The Labute approximate surface area is 240 Å². The van der Waals surface area contributed by atoms with Crippen molar-refractivity contribution in [2.24, 2.45) is 0 Å². The fraction of sp³-hybridized carbons (Fsp3) is 0.0938. The third kappa shape index (κ3) is 5.50. The minimum Gasteiger partial charge on any atom is -0.497 e. The van der Waals surface area contributed by atoms with Gasteiger partial charge in [-0.05, 0) is 67.6 Å². The number of methoxy groups -OCH3 is 1. The molecule has 0 aliphatic heterocycles. The first kappa shape index (κ1) is 25.9. The lowest BCUT2D eigenvalue weighted by Crippen LogP contribution is -2.14. The number of hydrogen-bond donors (Lipinski definition) is 1. The van der Waals surface area contributed by atoms with Crippen LogP contribution in [0.2, 0.25) is 0 Å². The number of benzene rings is 4. The lowest BCUT2D eigenvalue weighted by atomic mass is 10.1. The number of hydrogen-bond acceptors (Lipinski definition) is 6. The molecule has 2 aromatic heterocycles. The summed E-state index contributed by atoms with van der Waals surface area (Å²) < 4.78 is 8.58. The summed E-state index contributed by atoms with van der Waals surface area (Å²) in [6.45, 7) is 2.07. The predicted molar refractivity (Wildman–Crippen MR) is 165 cm³/mol. The lowest BCUT2D eigenvalue weighted by Gasteiger charge is -2.13. The first-order valence-electron chi connectivity index (χ1n) is 12.8. The quantitative estimate of drug-likeness (QED) is 0.191. The van der Waals surface area contributed by atoms with Crippen molar-refractivity contribution >= 4 is 44.9 Å². The van der Waals surface area contributed by atoms with Crippen LogP contribution < -0.4 is 10.1 Å². The monoisotopic (exact) mass is 562 g/mol. The number of fused-ring (bicyclic) bond motifs is 1. The standard InChI is InChI=1S/C32H26N4O2S2/c1-21-7-9-22(10-8-21)28-19-33-32(36(28)25-15-17-26(38-2)18-16-25)39-20-30(37)34-24-13-11-23(12-14-24)31-35-27-5-3-4-6-29(27)40-31/h3-19H,20H2,1-2H3,(H,34,37). The number of nitrogens with one attached hydrogen (secondary N) is 1. The number of anilines is 1. The molecule has 6 aromatic rings. The van der Waals surface area contributed by atoms with Gasteiger partial charge in [0.1, 0.15) is 10.8 Å². The number of rotatable bonds is 8. The molecular formula is C32H26N4O2S2. The topological polar surface area (TPSA) is 69.0 Å². The Hall–Kier alpha value is -4.40. The van der Waals surface area contributed by atoms with Crippen LogP contribution in [0.4, 0.5) is 5.69 Å². The third-order valence-corrected chi connectivity index (χ3v) is 8.49. The van der Waals surface area contributed by atoms with Gasteiger partial charge in [0.05, 0.1) is 35.0 Å². The number of aryl methyl sites for hydroxylation is 1. The maximum Gasteiger partial charge on any atom is 0.234 e. The molecular weight excluding hydrogens is 537 g/mol. The van der Waals surface area contributed by atoms with E-state index in [1.54, 1.807) is 18.4 Å². The van der Waals surface area contributed by atoms with E-state index in [1.807, 2.05) is 72.9 Å². The fourth-order valence-corrected chi connectivity index (χ4v) is 6.13. The normalized spacial score (nSPS) is 11.1. The van der Waals surface area contributed by atoms with Gasteiger partial charge in [0.25, 0.3) is 0 Å². The summed E-state index contributed by atoms with van der Waals surface area (Å²) in [4.78, 5) is 22.3. The molecule has 1 amide bonds. The van der Waals surface area contributed by atoms with Crippen molar-refractivity contribution in [3.05, 3.63) is 109 Å². The number of amides is 1. The van der Waals surface area contributed by atoms with Crippen LogP contribution in [0, 0.1) is 6.92 Å². The SMILES string of the molecule is COc1ccc(-n2c(-c3ccc(C)cc3)cnc2SCC(=O)Nc2ccc(-c3nc4ccccc4s3)cc2)cc1. The number of nitrogens with zero attached hydrogens (tertiary/aromatic N) is 3. The van der Waals surface area contributed by atoms with Gasteiger partial charge in [-0.15, -0.1) is 11.3 Å². The Kier molecular flexibility index (Phi) is 7.35. The highest BCUT2D eigenvalue weighted by Gasteiger charge is 2.16. The average molecular weight is 563 g/mol. The Morgan fingerprint density at radius 2 is 1.65 bits per heavy atom. The van der Waals surface area contributed by atoms with Crippen LogP contribution in [0.25, 0.3) is 37.7 Å². The number of para-hydroxylation sites is 1. The van der Waals surface area contributed by atoms with Crippen molar-refractivity contribution < 1.29 is 9.53 Å². The van der Waals surface area contributed by atoms with Crippen LogP contribution >= 0.6 is 23.1 Å². The van der Waals surface area contributed by atoms with Crippen molar-refractivity contribution in [1.29, 1.82) is 0 Å². The minimum absolute atomic E-state index is 0.0982. The van der Waals surface area contributed by atoms with Gasteiger partial charge in [-0.2, -0.15) is 0 Å². The van der Waals surface area contributed by atoms with Crippen molar-refractivity contribution in [2.45, 2.75) is 12.1 Å². The second-order valence-corrected chi connectivity index (χ2v) is 11.2. The molecule has 0 radical (unpaired) electrons. The van der Waals surface area contributed by atoms with Gasteiger partial charge in [0, 0.05) is 22.5 Å². The van der Waals surface area contributed by atoms with Crippen LogP contribution in [0.3, 0.4) is 0 Å². The van der Waals surface area contributed by atoms with Gasteiger partial charge >= 0.3 is 0 Å². The van der Waals surface area contributed by atoms with Gasteiger partial charge < -0.3 is 10.1 Å². The number of carbonyl (C=O) groups is 1. The van der Waals surface area contributed by atoms with Gasteiger partial charge in [0.15, 0.2) is 5.16 Å². The Bertz CT molecular complexity index is 1740. The number of aromatic nitrogens is 3. The first-order valence-corrected chi connectivity index (χ1v) is 14.6. The van der Waals surface area contributed by atoms with Crippen LogP contribution in [0.1, 0.15) is 5.56 Å². The van der Waals surface area contributed by atoms with E-state index < -0.39 is 0 Å². The predicted octanol–water partition coefficient (Wildman–Crippen LogP) is 7.86. The molecule has 8 heteroatoms. The van der Waals surface area contributed by atoms with Crippen molar-refractivity contribution in [3.8, 4) is 33.3 Å². The van der Waals surface area contributed by atoms with E-state index in [0.717, 1.165) is 54.3 Å². The molecule has 0 saturated heterocycles. The van der Waals surface area contributed by atoms with Crippen LogP contribution in [-0.4, -0.2) is 33.3 Å². The van der Waals surface area contributed by atoms with E-state index in [2.05, 4.69) is 52.1 Å². The van der Waals surface area contributed by atoms with E-state index in [9.17, 15) is 4.79 Å². The maximum atomic E-state index is 12.9. The van der Waals surface area contributed by atoms with Gasteiger partial charge in [-0.1, -0.05) is 53.7 Å². The molecule has 0 bridgehead atoms. The molecule has 0 spiro atoms. The number of thiazole rings is 1. The average Bonchev–Trinajstić information content (AvgIpc) is 3.62. The van der Waals surface area contributed by atoms with E-state index in [4.69, 9.17) is 9.72 Å². The van der Waals surface area contributed by atoms with E-state index in [0.29, 0.717) is 0 Å². The molecule has 0 aliphatic rings. The number of imidazole rings is 1. The van der Waals surface area contributed by atoms with Crippen molar-refractivity contribution in [1.82, 2.24) is 14.5 Å². The maximum absolute atomic E-state index is 12.9. The van der Waals surface area contributed by atoms with E-state index in [-0.39, 0.29) is 11.7 Å². The first-order chi connectivity index (χ1) is 19.6. The Balaban J connectivity index is 1.18. The smallest absolute Gasteiger partial charge is 0.234 e. The third-order valence-electron chi connectivity index (χ3n) is 6.45. The largest absolute Gasteiger partial charge is 0.497 e. The van der Waals surface area contributed by atoms with Gasteiger partial charge in [-0.25, -0.2) is 9.97 Å². The molecule has 198 valence electrons. The minimum atomic E-state index is -0.0982. The molecule has 1 N–H and O–H groups in total. The zero-order valence-corrected chi connectivity index (χ0v) is 23.6. The van der Waals surface area contributed by atoms with Crippen molar-refractivity contribution in [2.75, 3.05) is 18.2 Å². The van der Waals surface area contributed by atoms with Crippen LogP contribution in [0.5, 0.6) is 5.75 Å².